The Kier molecular flexibility index (Phi) is 6.28. The third-order valence-corrected chi connectivity index (χ3v) is 6.38. The van der Waals surface area contributed by atoms with Crippen molar-refractivity contribution in [2.24, 2.45) is 5.92 Å². The van der Waals surface area contributed by atoms with E-state index in [0.29, 0.717) is 37.7 Å². The Hall–Kier alpha value is -1.68. The highest BCUT2D eigenvalue weighted by atomic mass is 35.5. The molecule has 1 aromatic carbocycles. The van der Waals surface area contributed by atoms with Gasteiger partial charge >= 0.3 is 6.18 Å². The molecule has 0 saturated carbocycles. The zero-order valence-corrected chi connectivity index (χ0v) is 16.2. The van der Waals surface area contributed by atoms with Crippen molar-refractivity contribution in [3.05, 3.63) is 58.9 Å². The largest absolute Gasteiger partial charge is 0.417 e. The highest BCUT2D eigenvalue weighted by Gasteiger charge is 2.35. The molecule has 0 bridgehead atoms. The van der Waals surface area contributed by atoms with Crippen LogP contribution in [-0.2, 0) is 20.9 Å². The number of rotatable bonds is 5. The minimum Gasteiger partial charge on any atom is -0.381 e. The molecule has 0 aliphatic carbocycles. The highest BCUT2D eigenvalue weighted by molar-refractivity contribution is 7.89. The minimum atomic E-state index is -4.76. The molecule has 1 atom stereocenters. The Labute approximate surface area is 165 Å². The Bertz CT molecular complexity index is 917. The molecule has 10 heteroatoms. The molecule has 1 aliphatic heterocycles. The molecule has 28 heavy (non-hydrogen) atoms. The van der Waals surface area contributed by atoms with Crippen LogP contribution in [0.1, 0.15) is 30.0 Å². The summed E-state index contributed by atoms with van der Waals surface area (Å²) < 4.78 is 73.0. The van der Waals surface area contributed by atoms with Gasteiger partial charge in [-0.3, -0.25) is 4.98 Å². The summed E-state index contributed by atoms with van der Waals surface area (Å²) in [7, 11) is -4.23. The maximum absolute atomic E-state index is 13.1. The molecule has 1 aliphatic rings. The third-order valence-electron chi connectivity index (χ3n) is 4.62. The molecule has 3 rings (SSSR count). The molecule has 1 saturated heterocycles. The number of hydrogen-bond donors (Lipinski definition) is 1. The smallest absolute Gasteiger partial charge is 0.381 e. The van der Waals surface area contributed by atoms with Crippen LogP contribution >= 0.6 is 11.6 Å². The lowest BCUT2D eigenvalue weighted by Crippen LogP contribution is -2.36. The lowest BCUT2D eigenvalue weighted by atomic mass is 9.88. The molecule has 152 valence electrons. The zero-order chi connectivity index (χ0) is 20.4. The first-order chi connectivity index (χ1) is 13.2. The van der Waals surface area contributed by atoms with E-state index in [1.54, 1.807) is 24.5 Å². The zero-order valence-electron chi connectivity index (χ0n) is 14.6. The van der Waals surface area contributed by atoms with Gasteiger partial charge in [0.1, 0.15) is 0 Å². The number of alkyl halides is 3. The van der Waals surface area contributed by atoms with Crippen molar-refractivity contribution < 1.29 is 26.3 Å². The summed E-state index contributed by atoms with van der Waals surface area (Å²) in [4.78, 5) is 3.53. The lowest BCUT2D eigenvalue weighted by Gasteiger charge is -2.31. The summed E-state index contributed by atoms with van der Waals surface area (Å²) in [6, 6.07) is 5.33. The Balaban J connectivity index is 1.95. The molecular weight excluding hydrogens is 417 g/mol. The summed E-state index contributed by atoms with van der Waals surface area (Å²) in [6.07, 6.45) is -0.404. The van der Waals surface area contributed by atoms with Crippen LogP contribution in [0.3, 0.4) is 0 Å². The van der Waals surface area contributed by atoms with Gasteiger partial charge in [0.2, 0.25) is 10.0 Å². The second kappa shape index (κ2) is 8.36. The first-order valence-electron chi connectivity index (χ1n) is 8.55. The Morgan fingerprint density at radius 3 is 2.54 bits per heavy atom. The molecule has 1 fully saturated rings. The standard InChI is InChI=1S/C18H18ClF3N2O3S/c19-16-4-3-14(10-15(16)18(20,21)22)28(25,26)24-17(12-5-8-27-9-6-12)13-2-1-7-23-11-13/h1-4,7,10-12,17,24H,5-6,8-9H2. The topological polar surface area (TPSA) is 68.3 Å². The fourth-order valence-corrected chi connectivity index (χ4v) is 4.71. The summed E-state index contributed by atoms with van der Waals surface area (Å²) in [5.74, 6) is -0.0675. The van der Waals surface area contributed by atoms with Gasteiger partial charge in [-0.05, 0) is 48.6 Å². The van der Waals surface area contributed by atoms with Gasteiger partial charge in [0, 0.05) is 25.6 Å². The van der Waals surface area contributed by atoms with Crippen LogP contribution in [-0.4, -0.2) is 26.6 Å². The van der Waals surface area contributed by atoms with E-state index in [1.807, 2.05) is 0 Å². The highest BCUT2D eigenvalue weighted by Crippen LogP contribution is 2.37. The SMILES string of the molecule is O=S(=O)(NC(c1cccnc1)C1CCOCC1)c1ccc(Cl)c(C(F)(F)F)c1. The number of aromatic nitrogens is 1. The van der Waals surface area contributed by atoms with Crippen LogP contribution in [0, 0.1) is 5.92 Å². The van der Waals surface area contributed by atoms with E-state index in [0.717, 1.165) is 12.1 Å². The summed E-state index contributed by atoms with van der Waals surface area (Å²) in [5, 5.41) is -0.556. The summed E-state index contributed by atoms with van der Waals surface area (Å²) >= 11 is 5.60. The van der Waals surface area contributed by atoms with E-state index in [-0.39, 0.29) is 5.92 Å². The van der Waals surface area contributed by atoms with Crippen molar-refractivity contribution in [2.75, 3.05) is 13.2 Å². The van der Waals surface area contributed by atoms with Crippen molar-refractivity contribution in [1.29, 1.82) is 0 Å². The molecule has 0 amide bonds. The minimum absolute atomic E-state index is 0.0675. The molecule has 0 radical (unpaired) electrons. The van der Waals surface area contributed by atoms with Crippen LogP contribution in [0.2, 0.25) is 5.02 Å². The predicted molar refractivity (Wildman–Crippen MR) is 97.3 cm³/mol. The normalized spacial score (nSPS) is 17.4. The summed E-state index contributed by atoms with van der Waals surface area (Å²) in [6.45, 7) is 0.977. The van der Waals surface area contributed by atoms with Gasteiger partial charge in [-0.15, -0.1) is 0 Å². The van der Waals surface area contributed by atoms with Gasteiger partial charge in [-0.2, -0.15) is 13.2 Å². The molecule has 5 nitrogen and oxygen atoms in total. The maximum Gasteiger partial charge on any atom is 0.417 e. The number of hydrogen-bond acceptors (Lipinski definition) is 4. The van der Waals surface area contributed by atoms with E-state index >= 15 is 0 Å². The molecule has 1 unspecified atom stereocenters. The van der Waals surface area contributed by atoms with Crippen molar-refractivity contribution in [3.8, 4) is 0 Å². The van der Waals surface area contributed by atoms with Gasteiger partial charge in [0.25, 0.3) is 0 Å². The predicted octanol–water partition coefficient (Wildman–Crippen LogP) is 4.20. The number of benzene rings is 1. The van der Waals surface area contributed by atoms with Crippen LogP contribution < -0.4 is 4.72 Å². The number of pyridine rings is 1. The van der Waals surface area contributed by atoms with Crippen molar-refractivity contribution in [1.82, 2.24) is 9.71 Å². The number of nitrogens with zero attached hydrogens (tertiary/aromatic N) is 1. The molecule has 2 heterocycles. The van der Waals surface area contributed by atoms with Crippen LogP contribution in [0.15, 0.2) is 47.6 Å². The van der Waals surface area contributed by atoms with Gasteiger partial charge < -0.3 is 4.74 Å². The quantitative estimate of drug-likeness (QED) is 0.765. The van der Waals surface area contributed by atoms with Crippen LogP contribution in [0.4, 0.5) is 13.2 Å². The van der Waals surface area contributed by atoms with E-state index in [4.69, 9.17) is 16.3 Å². The third kappa shape index (κ3) is 4.83. The number of nitrogens with one attached hydrogen (secondary N) is 1. The van der Waals surface area contributed by atoms with Gasteiger partial charge in [0.15, 0.2) is 0 Å². The second-order valence-corrected chi connectivity index (χ2v) is 8.60. The van der Waals surface area contributed by atoms with Gasteiger partial charge in [0.05, 0.1) is 21.5 Å². The number of ether oxygens (including phenoxy) is 1. The molecule has 1 N–H and O–H groups in total. The monoisotopic (exact) mass is 434 g/mol. The van der Waals surface area contributed by atoms with E-state index in [1.165, 1.54) is 0 Å². The first kappa shape index (κ1) is 21.0. The fraction of sp³-hybridized carbons (Fsp3) is 0.389. The number of halogens is 4. The molecular formula is C18H18ClF3N2O3S. The molecule has 1 aromatic heterocycles. The maximum atomic E-state index is 13.1. The van der Waals surface area contributed by atoms with E-state index < -0.39 is 37.7 Å². The molecule has 0 spiro atoms. The average molecular weight is 435 g/mol. The lowest BCUT2D eigenvalue weighted by molar-refractivity contribution is -0.137. The van der Waals surface area contributed by atoms with Crippen molar-refractivity contribution in [3.63, 3.8) is 0 Å². The fourth-order valence-electron chi connectivity index (χ4n) is 3.17. The van der Waals surface area contributed by atoms with Crippen molar-refractivity contribution in [2.45, 2.75) is 30.0 Å². The second-order valence-electron chi connectivity index (χ2n) is 6.47. The van der Waals surface area contributed by atoms with Crippen LogP contribution in [0.25, 0.3) is 0 Å². The van der Waals surface area contributed by atoms with Gasteiger partial charge in [-0.25, -0.2) is 13.1 Å². The number of sulfonamides is 1. The van der Waals surface area contributed by atoms with E-state index in [2.05, 4.69) is 9.71 Å². The van der Waals surface area contributed by atoms with Crippen molar-refractivity contribution >= 4 is 21.6 Å². The Morgan fingerprint density at radius 2 is 1.93 bits per heavy atom. The van der Waals surface area contributed by atoms with Gasteiger partial charge in [-0.1, -0.05) is 17.7 Å². The summed E-state index contributed by atoms with van der Waals surface area (Å²) in [5.41, 5.74) is -0.552. The van der Waals surface area contributed by atoms with E-state index in [9.17, 15) is 21.6 Å². The Morgan fingerprint density at radius 1 is 1.21 bits per heavy atom. The average Bonchev–Trinajstić information content (AvgIpc) is 2.67. The first-order valence-corrected chi connectivity index (χ1v) is 10.4. The van der Waals surface area contributed by atoms with Crippen LogP contribution in [0.5, 0.6) is 0 Å². The molecule has 2 aromatic rings.